The number of hydrogen-bond acceptors (Lipinski definition) is 2. The Morgan fingerprint density at radius 3 is 1.74 bits per heavy atom. The van der Waals surface area contributed by atoms with Gasteiger partial charge in [0.05, 0.1) is 11.4 Å². The molecule has 8 aromatic carbocycles. The molecule has 1 atom stereocenters. The van der Waals surface area contributed by atoms with Gasteiger partial charge in [-0.15, -0.1) is 0 Å². The van der Waals surface area contributed by atoms with E-state index >= 15 is 0 Å². The molecular weight excluding hydrogens is 689 g/mol. The van der Waals surface area contributed by atoms with E-state index in [1.54, 1.807) is 0 Å². The topological polar surface area (TPSA) is 25.8 Å². The standard InChI is InChI=1S/C55H40N2/c1-54(2)47-27-15-23-41(51(47)45-32-38-18-10-11-19-39(38)33-48(45)54)35-28-30-36(31-29-35)49-34-50(57-53(56-49)37-16-6-4-7-17-37)44-25-14-24-43-42-22-12-13-26-46(42)55(3,52(43)44)40-20-8-5-9-21-40/h4-34H,1-3H3. The normalized spacial score (nSPS) is 15.8. The van der Waals surface area contributed by atoms with Crippen LogP contribution in [0, 0.1) is 0 Å². The monoisotopic (exact) mass is 728 g/mol. The highest BCUT2D eigenvalue weighted by Gasteiger charge is 2.43. The van der Waals surface area contributed by atoms with Crippen LogP contribution < -0.4 is 0 Å². The van der Waals surface area contributed by atoms with E-state index < -0.39 is 0 Å². The maximum atomic E-state index is 5.35. The molecule has 9 aromatic rings. The molecule has 0 saturated heterocycles. The highest BCUT2D eigenvalue weighted by molar-refractivity contribution is 5.99. The third-order valence-corrected chi connectivity index (χ3v) is 12.8. The molecule has 11 rings (SSSR count). The fourth-order valence-corrected chi connectivity index (χ4v) is 9.87. The summed E-state index contributed by atoms with van der Waals surface area (Å²) < 4.78 is 0. The van der Waals surface area contributed by atoms with Gasteiger partial charge in [-0.3, -0.25) is 0 Å². The molecule has 1 heterocycles. The molecule has 0 spiro atoms. The van der Waals surface area contributed by atoms with Crippen molar-refractivity contribution in [2.45, 2.75) is 31.6 Å². The summed E-state index contributed by atoms with van der Waals surface area (Å²) in [6.07, 6.45) is 0. The third kappa shape index (κ3) is 5.03. The second kappa shape index (κ2) is 12.6. The van der Waals surface area contributed by atoms with E-state index in [4.69, 9.17) is 9.97 Å². The molecule has 270 valence electrons. The van der Waals surface area contributed by atoms with Crippen LogP contribution in [-0.4, -0.2) is 9.97 Å². The molecule has 0 bridgehead atoms. The lowest BCUT2D eigenvalue weighted by molar-refractivity contribution is 0.661. The molecule has 1 unspecified atom stereocenters. The van der Waals surface area contributed by atoms with Gasteiger partial charge < -0.3 is 0 Å². The minimum Gasteiger partial charge on any atom is -0.228 e. The zero-order valence-electron chi connectivity index (χ0n) is 32.3. The number of rotatable bonds is 5. The molecule has 2 aliphatic carbocycles. The van der Waals surface area contributed by atoms with E-state index in [2.05, 4.69) is 203 Å². The summed E-state index contributed by atoms with van der Waals surface area (Å²) in [6.45, 7) is 7.09. The lowest BCUT2D eigenvalue weighted by atomic mass is 9.72. The molecule has 2 aliphatic rings. The number of hydrogen-bond donors (Lipinski definition) is 0. The van der Waals surface area contributed by atoms with Crippen LogP contribution in [0.5, 0.6) is 0 Å². The van der Waals surface area contributed by atoms with Gasteiger partial charge in [0, 0.05) is 27.5 Å². The summed E-state index contributed by atoms with van der Waals surface area (Å²) in [5.41, 5.74) is 18.8. The maximum absolute atomic E-state index is 5.35. The zero-order chi connectivity index (χ0) is 38.3. The van der Waals surface area contributed by atoms with Crippen molar-refractivity contribution in [2.75, 3.05) is 0 Å². The minimum absolute atomic E-state index is 0.0918. The van der Waals surface area contributed by atoms with Crippen molar-refractivity contribution >= 4 is 10.8 Å². The van der Waals surface area contributed by atoms with E-state index in [1.165, 1.54) is 72.0 Å². The first-order chi connectivity index (χ1) is 27.9. The number of fused-ring (bicyclic) bond motifs is 7. The van der Waals surface area contributed by atoms with Crippen molar-refractivity contribution in [2.24, 2.45) is 0 Å². The van der Waals surface area contributed by atoms with Crippen LogP contribution in [0.2, 0.25) is 0 Å². The van der Waals surface area contributed by atoms with Crippen LogP contribution in [-0.2, 0) is 10.8 Å². The molecule has 1 aromatic heterocycles. The predicted molar refractivity (Wildman–Crippen MR) is 236 cm³/mol. The second-order valence-electron chi connectivity index (χ2n) is 16.3. The summed E-state index contributed by atoms with van der Waals surface area (Å²) in [7, 11) is 0. The highest BCUT2D eigenvalue weighted by Crippen LogP contribution is 2.56. The third-order valence-electron chi connectivity index (χ3n) is 12.8. The quantitative estimate of drug-likeness (QED) is 0.176. The molecule has 0 saturated carbocycles. The first-order valence-corrected chi connectivity index (χ1v) is 19.9. The van der Waals surface area contributed by atoms with Crippen LogP contribution in [0.25, 0.3) is 78.1 Å². The van der Waals surface area contributed by atoms with Crippen LogP contribution in [0.1, 0.15) is 48.6 Å². The van der Waals surface area contributed by atoms with Gasteiger partial charge in [0.1, 0.15) is 0 Å². The molecule has 2 nitrogen and oxygen atoms in total. The molecule has 0 N–H and O–H groups in total. The number of aromatic nitrogens is 2. The Kier molecular flexibility index (Phi) is 7.37. The van der Waals surface area contributed by atoms with Gasteiger partial charge in [-0.25, -0.2) is 9.97 Å². The van der Waals surface area contributed by atoms with Gasteiger partial charge in [-0.1, -0.05) is 184 Å². The molecule has 2 heteroatoms. The van der Waals surface area contributed by atoms with Crippen molar-refractivity contribution in [3.8, 4) is 67.3 Å². The Morgan fingerprint density at radius 1 is 0.368 bits per heavy atom. The summed E-state index contributed by atoms with van der Waals surface area (Å²) in [5.74, 6) is 0.716. The van der Waals surface area contributed by atoms with E-state index in [0.717, 1.165) is 28.1 Å². The summed E-state index contributed by atoms with van der Waals surface area (Å²) >= 11 is 0. The Labute approximate surface area is 334 Å². The van der Waals surface area contributed by atoms with Crippen LogP contribution in [0.3, 0.4) is 0 Å². The van der Waals surface area contributed by atoms with Crippen molar-refractivity contribution in [1.82, 2.24) is 9.97 Å². The Hall–Kier alpha value is -6.90. The predicted octanol–water partition coefficient (Wildman–Crippen LogP) is 13.9. The summed E-state index contributed by atoms with van der Waals surface area (Å²) in [6, 6.07) is 68.4. The molecule has 0 amide bonds. The lowest BCUT2D eigenvalue weighted by Crippen LogP contribution is -2.23. The SMILES string of the molecule is CC1(C)c2cc3ccccc3cc2-c2c(-c3ccc(-c4cc(-c5cccc6c5C(C)(c5ccccc5)c5ccccc5-6)nc(-c5ccccc5)n4)cc3)cccc21. The van der Waals surface area contributed by atoms with Gasteiger partial charge in [-0.2, -0.15) is 0 Å². The largest absolute Gasteiger partial charge is 0.228 e. The molecule has 0 aliphatic heterocycles. The Morgan fingerprint density at radius 2 is 0.947 bits per heavy atom. The number of benzene rings is 8. The van der Waals surface area contributed by atoms with Gasteiger partial charge in [0.2, 0.25) is 0 Å². The van der Waals surface area contributed by atoms with Gasteiger partial charge >= 0.3 is 0 Å². The van der Waals surface area contributed by atoms with Crippen LogP contribution >= 0.6 is 0 Å². The lowest BCUT2D eigenvalue weighted by Gasteiger charge is -2.30. The Bertz CT molecular complexity index is 3030. The molecule has 0 radical (unpaired) electrons. The Balaban J connectivity index is 1.07. The summed E-state index contributed by atoms with van der Waals surface area (Å²) in [5, 5.41) is 2.56. The highest BCUT2D eigenvalue weighted by atomic mass is 14.9. The van der Waals surface area contributed by atoms with Gasteiger partial charge in [-0.05, 0) is 97.1 Å². The fourth-order valence-electron chi connectivity index (χ4n) is 9.87. The van der Waals surface area contributed by atoms with E-state index in [9.17, 15) is 0 Å². The van der Waals surface area contributed by atoms with Crippen molar-refractivity contribution in [1.29, 1.82) is 0 Å². The van der Waals surface area contributed by atoms with E-state index in [-0.39, 0.29) is 10.8 Å². The van der Waals surface area contributed by atoms with Crippen molar-refractivity contribution in [3.05, 3.63) is 216 Å². The first-order valence-electron chi connectivity index (χ1n) is 19.9. The van der Waals surface area contributed by atoms with Crippen molar-refractivity contribution in [3.63, 3.8) is 0 Å². The zero-order valence-corrected chi connectivity index (χ0v) is 32.3. The smallest absolute Gasteiger partial charge is 0.160 e. The molecule has 0 fully saturated rings. The maximum Gasteiger partial charge on any atom is 0.160 e. The average Bonchev–Trinajstić information content (AvgIpc) is 3.67. The average molecular weight is 729 g/mol. The van der Waals surface area contributed by atoms with Crippen LogP contribution in [0.15, 0.2) is 188 Å². The van der Waals surface area contributed by atoms with Crippen LogP contribution in [0.4, 0.5) is 0 Å². The fraction of sp³-hybridized carbons (Fsp3) is 0.0909. The van der Waals surface area contributed by atoms with Gasteiger partial charge in [0.25, 0.3) is 0 Å². The minimum atomic E-state index is -0.362. The summed E-state index contributed by atoms with van der Waals surface area (Å²) in [4.78, 5) is 10.6. The van der Waals surface area contributed by atoms with E-state index in [0.29, 0.717) is 5.82 Å². The van der Waals surface area contributed by atoms with Gasteiger partial charge in [0.15, 0.2) is 5.82 Å². The van der Waals surface area contributed by atoms with Crippen molar-refractivity contribution < 1.29 is 0 Å². The van der Waals surface area contributed by atoms with E-state index in [1.807, 2.05) is 6.07 Å². The second-order valence-corrected chi connectivity index (χ2v) is 16.3. The number of nitrogens with zero attached hydrogens (tertiary/aromatic N) is 2. The molecule has 57 heavy (non-hydrogen) atoms. The first kappa shape index (κ1) is 33.4. The molecular formula is C55H40N2.